The number of fused-ring (bicyclic) bond motifs is 29. The zero-order valence-corrected chi connectivity index (χ0v) is 76.8. The lowest BCUT2D eigenvalue weighted by molar-refractivity contribution is 1.01. The second-order valence-corrected chi connectivity index (χ2v) is 36.9. The molecule has 32 aromatic rings. The normalized spacial score (nSPS) is 12.1. The summed E-state index contributed by atoms with van der Waals surface area (Å²) in [6, 6.07) is 170. The fourth-order valence-corrected chi connectivity index (χ4v) is 22.8. The van der Waals surface area contributed by atoms with Gasteiger partial charge < -0.3 is 0 Å². The monoisotopic (exact) mass is 1830 g/mol. The fourth-order valence-electron chi connectivity index (χ4n) is 22.8. The number of hydrogen-bond acceptors (Lipinski definition) is 6. The molecule has 0 atom stereocenters. The van der Waals surface area contributed by atoms with Crippen LogP contribution in [0, 0.1) is 0 Å². The van der Waals surface area contributed by atoms with Crippen LogP contribution >= 0.6 is 0 Å². The van der Waals surface area contributed by atoms with Gasteiger partial charge >= 0.3 is 0 Å². The molecule has 0 fully saturated rings. The molecule has 32 rings (SSSR count). The molecule has 0 spiro atoms. The van der Waals surface area contributed by atoms with E-state index in [1.54, 1.807) is 0 Å². The summed E-state index contributed by atoms with van der Waals surface area (Å²) in [7, 11) is 0. The van der Waals surface area contributed by atoms with Gasteiger partial charge in [-0.3, -0.25) is 40.6 Å². The Bertz CT molecular complexity index is 10900. The van der Waals surface area contributed by atoms with Gasteiger partial charge in [-0.2, -0.15) is 0 Å². The number of para-hydroxylation sites is 15. The molecule has 0 saturated carbocycles. The summed E-state index contributed by atoms with van der Waals surface area (Å²) in [5, 5.41) is 18.5. The number of benzene rings is 20. The van der Waals surface area contributed by atoms with E-state index in [9.17, 15) is 0 Å². The van der Waals surface area contributed by atoms with E-state index in [4.69, 9.17) is 29.9 Å². The van der Waals surface area contributed by atoms with Crippen LogP contribution in [0.3, 0.4) is 0 Å². The molecule has 666 valence electrons. The van der Waals surface area contributed by atoms with Gasteiger partial charge in [-0.05, 0) is 191 Å². The molecular weight excluding hydrogens is 1750 g/mol. The van der Waals surface area contributed by atoms with E-state index in [0.29, 0.717) is 17.8 Å². The van der Waals surface area contributed by atoms with Crippen molar-refractivity contribution < 1.29 is 0 Å². The van der Waals surface area contributed by atoms with Crippen LogP contribution in [0.2, 0.25) is 0 Å². The van der Waals surface area contributed by atoms with Gasteiger partial charge in [0.05, 0.1) is 116 Å². The summed E-state index contributed by atoms with van der Waals surface area (Å²) in [6.07, 6.45) is 0. The van der Waals surface area contributed by atoms with Gasteiger partial charge in [-0.1, -0.05) is 309 Å². The Balaban J connectivity index is 0.000000100. The maximum Gasteiger partial charge on any atom is 0.235 e. The first kappa shape index (κ1) is 79.6. The number of nitrogens with zero attached hydrogens (tertiary/aromatic N) is 15. The van der Waals surface area contributed by atoms with Crippen molar-refractivity contribution in [1.82, 2.24) is 70.5 Å². The minimum atomic E-state index is 0.659. The van der Waals surface area contributed by atoms with Crippen LogP contribution < -0.4 is 0 Å². The lowest BCUT2D eigenvalue weighted by Gasteiger charge is -2.13. The molecule has 12 heterocycles. The summed E-state index contributed by atoms with van der Waals surface area (Å²) in [5.41, 5.74) is 32.7. The summed E-state index contributed by atoms with van der Waals surface area (Å²) < 4.78 is 20.9. The molecule has 0 aliphatic heterocycles. The predicted molar refractivity (Wildman–Crippen MR) is 589 cm³/mol. The molecule has 0 aliphatic carbocycles. The molecule has 0 N–H and O–H groups in total. The van der Waals surface area contributed by atoms with Crippen LogP contribution in [0.15, 0.2) is 479 Å². The highest BCUT2D eigenvalue weighted by atomic mass is 15.2. The van der Waals surface area contributed by atoms with Crippen LogP contribution in [0.25, 0.3) is 271 Å². The van der Waals surface area contributed by atoms with Gasteiger partial charge in [-0.15, -0.1) is 0 Å². The highest BCUT2D eigenvalue weighted by Gasteiger charge is 2.27. The van der Waals surface area contributed by atoms with Gasteiger partial charge in [0.25, 0.3) is 0 Å². The first-order chi connectivity index (χ1) is 70.9. The Labute approximate surface area is 815 Å². The van der Waals surface area contributed by atoms with E-state index in [1.807, 2.05) is 12.1 Å². The van der Waals surface area contributed by atoms with Gasteiger partial charge in [0.1, 0.15) is 16.9 Å². The van der Waals surface area contributed by atoms with Crippen LogP contribution in [0.1, 0.15) is 0 Å². The van der Waals surface area contributed by atoms with Crippen LogP contribution in [-0.4, -0.2) is 70.5 Å². The van der Waals surface area contributed by atoms with Crippen molar-refractivity contribution in [3.63, 3.8) is 0 Å². The van der Waals surface area contributed by atoms with Gasteiger partial charge in [0, 0.05) is 98.4 Å². The minimum Gasteiger partial charge on any atom is -0.294 e. The quantitative estimate of drug-likeness (QED) is 0.142. The third-order valence-corrected chi connectivity index (χ3v) is 29.1. The average molecular weight is 1830 g/mol. The summed E-state index contributed by atoms with van der Waals surface area (Å²) in [5.74, 6) is 1.98. The van der Waals surface area contributed by atoms with E-state index in [0.717, 1.165) is 161 Å². The molecule has 12 aromatic heterocycles. The molecule has 0 saturated heterocycles. The Morgan fingerprint density at radius 2 is 0.434 bits per heavy atom. The highest BCUT2D eigenvalue weighted by Crippen LogP contribution is 2.45. The minimum absolute atomic E-state index is 0.659. The fraction of sp³-hybridized carbons (Fsp3) is 0. The van der Waals surface area contributed by atoms with Gasteiger partial charge in [0.2, 0.25) is 17.8 Å². The van der Waals surface area contributed by atoms with Crippen molar-refractivity contribution in [2.45, 2.75) is 0 Å². The maximum absolute atomic E-state index is 5.39. The highest BCUT2D eigenvalue weighted by molar-refractivity contribution is 6.15. The van der Waals surface area contributed by atoms with E-state index in [2.05, 4.69) is 508 Å². The third-order valence-electron chi connectivity index (χ3n) is 29.1. The molecule has 15 heteroatoms. The molecular formula is C128H79N15. The molecule has 15 nitrogen and oxygen atoms in total. The Morgan fingerprint density at radius 1 is 0.140 bits per heavy atom. The maximum atomic E-state index is 5.39. The third kappa shape index (κ3) is 12.3. The van der Waals surface area contributed by atoms with Gasteiger partial charge in [0.15, 0.2) is 0 Å². The smallest absolute Gasteiger partial charge is 0.235 e. The van der Waals surface area contributed by atoms with Crippen molar-refractivity contribution in [2.24, 2.45) is 0 Å². The number of hydrogen-bond donors (Lipinski definition) is 0. The second kappa shape index (κ2) is 31.5. The molecule has 0 unspecified atom stereocenters. The summed E-state index contributed by atoms with van der Waals surface area (Å²) in [4.78, 5) is 31.5. The lowest BCUT2D eigenvalue weighted by Crippen LogP contribution is -2.03. The molecule has 0 radical (unpaired) electrons. The largest absolute Gasteiger partial charge is 0.294 e. The van der Waals surface area contributed by atoms with Crippen LogP contribution in [0.4, 0.5) is 0 Å². The zero-order valence-electron chi connectivity index (χ0n) is 76.8. The van der Waals surface area contributed by atoms with E-state index in [1.165, 1.54) is 92.7 Å². The number of imidazole rings is 3. The van der Waals surface area contributed by atoms with Crippen molar-refractivity contribution in [3.05, 3.63) is 479 Å². The summed E-state index contributed by atoms with van der Waals surface area (Å²) in [6.45, 7) is 0. The Hall–Kier alpha value is -19.6. The average Bonchev–Trinajstić information content (AvgIpc) is 1.56. The molecule has 143 heavy (non-hydrogen) atoms. The number of rotatable bonds is 9. The lowest BCUT2D eigenvalue weighted by atomic mass is 9.99. The zero-order chi connectivity index (χ0) is 93.6. The van der Waals surface area contributed by atoms with Gasteiger partial charge in [-0.25, -0.2) is 29.9 Å². The summed E-state index contributed by atoms with van der Waals surface area (Å²) >= 11 is 0. The van der Waals surface area contributed by atoms with Crippen molar-refractivity contribution in [2.75, 3.05) is 0 Å². The van der Waals surface area contributed by atoms with Crippen LogP contribution in [0.5, 0.6) is 0 Å². The van der Waals surface area contributed by atoms with Crippen molar-refractivity contribution in [3.8, 4) is 68.7 Å². The topological polar surface area (TPSA) is 120 Å². The van der Waals surface area contributed by atoms with E-state index < -0.39 is 0 Å². The van der Waals surface area contributed by atoms with E-state index in [-0.39, 0.29) is 0 Å². The standard InChI is InChI=1S/2C44H27N5.C40H25N5/c1-3-15-31-28(12-1)14-11-18-33(31)43-34-17-4-6-19-36(34)45-44(46-43)49-38-21-8-5-16-32(38)35-27-30(24-25-39(35)49)47-40-22-9-10-23-41(40)48-37-20-7-2-13-29(37)26-42(47)48;1-2-12-29-25-31(22-21-28(29)11-1)43-34-15-4-6-16-36(34)45-44(46-43)49-38-18-8-5-14-33(38)35-27-32(23-24-39(35)49)47-40-19-9-10-20-41(40)48-37-17-7-3-13-30(37)26-42(47)48;1-2-12-26(13-3-1)39-30-16-5-7-17-32(30)41-40(42-39)45-34-19-9-6-15-29(34)31-25-28(22-23-35(31)45)43-36-20-10-11-21-37(36)44-33-18-8-4-14-27(33)24-38(43)44/h2*1-27H;1-25H. The Morgan fingerprint density at radius 3 is 0.846 bits per heavy atom. The SMILES string of the molecule is c1ccc(-c2nc(-n3c4ccccc4c4cc(-n5c6ccccc6n6c7ccccc7cc56)ccc43)nc3ccccc23)cc1.c1ccc2c(-c3nc(-n4c5ccccc5c5cc(-n6c7ccccc7n7c8ccccc8cc67)ccc54)nc4ccccc34)cccc2c1.c1ccc2cc(-c3nc(-n4c5ccccc5c5cc(-n6c7ccccc7n7c8ccccc8cc67)ccc54)nc4ccccc34)ccc2c1. The van der Waals surface area contributed by atoms with Crippen molar-refractivity contribution in [1.29, 1.82) is 0 Å². The molecule has 0 aliphatic rings. The first-order valence-corrected chi connectivity index (χ1v) is 48.4. The molecule has 0 bridgehead atoms. The van der Waals surface area contributed by atoms with E-state index >= 15 is 0 Å². The number of aromatic nitrogens is 15. The second-order valence-electron chi connectivity index (χ2n) is 36.9. The molecule has 0 amide bonds. The predicted octanol–water partition coefficient (Wildman–Crippen LogP) is 31.5. The van der Waals surface area contributed by atoms with Crippen molar-refractivity contribution >= 4 is 202 Å². The molecule has 20 aromatic carbocycles. The first-order valence-electron chi connectivity index (χ1n) is 48.4. The van der Waals surface area contributed by atoms with Crippen LogP contribution in [-0.2, 0) is 0 Å². The Kier molecular flexibility index (Phi) is 17.5.